The van der Waals surface area contributed by atoms with E-state index in [1.54, 1.807) is 0 Å². The third-order valence-electron chi connectivity index (χ3n) is 6.59. The number of hydrogen-bond donors (Lipinski definition) is 2. The predicted octanol–water partition coefficient (Wildman–Crippen LogP) is 3.09. The molecule has 3 aromatic rings. The smallest absolute Gasteiger partial charge is 0.422 e. The molecule has 198 valence electrons. The Kier molecular flexibility index (Phi) is 5.95. The highest BCUT2D eigenvalue weighted by Gasteiger charge is 2.54. The molecule has 10 nitrogen and oxygen atoms in total. The Morgan fingerprint density at radius 2 is 1.89 bits per heavy atom. The van der Waals surface area contributed by atoms with Crippen LogP contribution in [0.1, 0.15) is 52.9 Å². The van der Waals surface area contributed by atoms with Crippen LogP contribution in [0.15, 0.2) is 30.7 Å². The molecule has 2 fully saturated rings. The Bertz CT molecular complexity index is 1340. The Morgan fingerprint density at radius 1 is 1.16 bits per heavy atom. The highest BCUT2D eigenvalue weighted by molar-refractivity contribution is 6.00. The summed E-state index contributed by atoms with van der Waals surface area (Å²) in [6.45, 7) is -4.37. The van der Waals surface area contributed by atoms with Gasteiger partial charge in [0.15, 0.2) is 6.61 Å². The molecule has 1 spiro atoms. The van der Waals surface area contributed by atoms with Gasteiger partial charge in [0.1, 0.15) is 17.4 Å². The zero-order valence-corrected chi connectivity index (χ0v) is 19.0. The van der Waals surface area contributed by atoms with Gasteiger partial charge in [0.25, 0.3) is 11.8 Å². The highest BCUT2D eigenvalue weighted by Crippen LogP contribution is 2.56. The number of fused-ring (bicyclic) bond motifs is 1. The van der Waals surface area contributed by atoms with Crippen molar-refractivity contribution < 1.29 is 41.0 Å². The standard InChI is InChI=1S/C22H21F5N6O4/c23-20(24)33-9-15(17(28)34)19(31-33)37-13-5-21(6-13)3-11(4-21)30-18(35)14-7-29-32-8-12(1-2-16(14)32)36-10-22(25,26)27/h1-2,7-9,11,13,20H,3-6,10H2,(H2,28,34)(H,30,35)/t11-,13-,21?. The molecule has 2 aliphatic rings. The van der Waals surface area contributed by atoms with E-state index >= 15 is 0 Å². The van der Waals surface area contributed by atoms with Crippen LogP contribution in [0.5, 0.6) is 11.6 Å². The normalized spacial score (nSPS) is 23.1. The van der Waals surface area contributed by atoms with Crippen molar-refractivity contribution in [3.63, 3.8) is 0 Å². The summed E-state index contributed by atoms with van der Waals surface area (Å²) >= 11 is 0. The summed E-state index contributed by atoms with van der Waals surface area (Å²) in [5, 5.41) is 10.5. The first-order valence-electron chi connectivity index (χ1n) is 11.2. The molecule has 0 atom stereocenters. The lowest BCUT2D eigenvalue weighted by Gasteiger charge is -2.57. The van der Waals surface area contributed by atoms with Crippen molar-refractivity contribution in [1.82, 2.24) is 24.7 Å². The van der Waals surface area contributed by atoms with E-state index in [0.29, 0.717) is 35.9 Å². The summed E-state index contributed by atoms with van der Waals surface area (Å²) < 4.78 is 74.7. The van der Waals surface area contributed by atoms with Gasteiger partial charge in [-0.3, -0.25) is 9.59 Å². The second-order valence-electron chi connectivity index (χ2n) is 9.35. The molecule has 0 aliphatic heterocycles. The van der Waals surface area contributed by atoms with Crippen molar-refractivity contribution in [3.8, 4) is 11.6 Å². The van der Waals surface area contributed by atoms with E-state index in [0.717, 1.165) is 6.20 Å². The molecular formula is C22H21F5N6O4. The number of rotatable bonds is 8. The van der Waals surface area contributed by atoms with Crippen LogP contribution in [0.25, 0.3) is 5.52 Å². The van der Waals surface area contributed by atoms with Gasteiger partial charge < -0.3 is 20.5 Å². The van der Waals surface area contributed by atoms with E-state index in [9.17, 15) is 31.5 Å². The first kappa shape index (κ1) is 24.8. The number of aromatic nitrogens is 4. The van der Waals surface area contributed by atoms with Crippen molar-refractivity contribution in [2.75, 3.05) is 6.61 Å². The number of nitrogens with one attached hydrogen (secondary N) is 1. The maximum absolute atomic E-state index is 12.9. The second-order valence-corrected chi connectivity index (χ2v) is 9.35. The topological polar surface area (TPSA) is 126 Å². The summed E-state index contributed by atoms with van der Waals surface area (Å²) in [6, 6.07) is 2.69. The Morgan fingerprint density at radius 3 is 2.54 bits per heavy atom. The fraction of sp³-hybridized carbons (Fsp3) is 0.455. The zero-order chi connectivity index (χ0) is 26.5. The number of hydrogen-bond acceptors (Lipinski definition) is 6. The van der Waals surface area contributed by atoms with Crippen LogP contribution in [0.4, 0.5) is 22.0 Å². The first-order chi connectivity index (χ1) is 17.4. The molecule has 2 amide bonds. The minimum Gasteiger partial charge on any atom is -0.483 e. The molecule has 37 heavy (non-hydrogen) atoms. The molecule has 0 saturated heterocycles. The van der Waals surface area contributed by atoms with E-state index in [4.69, 9.17) is 15.2 Å². The molecule has 2 aliphatic carbocycles. The molecule has 3 N–H and O–H groups in total. The van der Waals surface area contributed by atoms with E-state index < -0.39 is 25.2 Å². The minimum absolute atomic E-state index is 0.0357. The van der Waals surface area contributed by atoms with Gasteiger partial charge in [0, 0.05) is 12.2 Å². The monoisotopic (exact) mass is 528 g/mol. The zero-order valence-electron chi connectivity index (χ0n) is 19.0. The molecule has 0 aromatic carbocycles. The Labute approximate surface area is 205 Å². The molecule has 3 aromatic heterocycles. The van der Waals surface area contributed by atoms with Gasteiger partial charge in [0.05, 0.1) is 23.5 Å². The van der Waals surface area contributed by atoms with Crippen LogP contribution in [0.2, 0.25) is 0 Å². The Hall–Kier alpha value is -3.91. The number of ether oxygens (including phenoxy) is 2. The van der Waals surface area contributed by atoms with Crippen LogP contribution in [-0.2, 0) is 0 Å². The number of carbonyl (C=O) groups is 2. The number of primary amides is 1. The van der Waals surface area contributed by atoms with Gasteiger partial charge >= 0.3 is 12.7 Å². The molecule has 15 heteroatoms. The van der Waals surface area contributed by atoms with Gasteiger partial charge in [-0.15, -0.1) is 5.10 Å². The van der Waals surface area contributed by atoms with Crippen molar-refractivity contribution in [2.45, 2.75) is 50.6 Å². The van der Waals surface area contributed by atoms with Crippen molar-refractivity contribution in [2.24, 2.45) is 11.1 Å². The average Bonchev–Trinajstić information content (AvgIpc) is 3.38. The summed E-state index contributed by atoms with van der Waals surface area (Å²) in [5.41, 5.74) is 5.62. The number of nitrogens with zero attached hydrogens (tertiary/aromatic N) is 4. The predicted molar refractivity (Wildman–Crippen MR) is 115 cm³/mol. The summed E-state index contributed by atoms with van der Waals surface area (Å²) in [5.74, 6) is -1.54. The molecule has 0 unspecified atom stereocenters. The maximum Gasteiger partial charge on any atom is 0.422 e. The van der Waals surface area contributed by atoms with E-state index in [2.05, 4.69) is 15.5 Å². The number of carbonyl (C=O) groups excluding carboxylic acids is 2. The number of alkyl halides is 5. The van der Waals surface area contributed by atoms with Crippen LogP contribution in [-0.4, -0.2) is 56.1 Å². The summed E-state index contributed by atoms with van der Waals surface area (Å²) in [6.07, 6.45) is 1.23. The fourth-order valence-corrected chi connectivity index (χ4v) is 4.95. The first-order valence-corrected chi connectivity index (χ1v) is 11.2. The van der Waals surface area contributed by atoms with Gasteiger partial charge in [-0.25, -0.2) is 9.20 Å². The number of pyridine rings is 1. The molecule has 0 bridgehead atoms. The number of amides is 2. The molecule has 2 saturated carbocycles. The van der Waals surface area contributed by atoms with Gasteiger partial charge in [-0.2, -0.15) is 27.1 Å². The summed E-state index contributed by atoms with van der Waals surface area (Å²) in [7, 11) is 0. The number of halogens is 5. The maximum atomic E-state index is 12.9. The van der Waals surface area contributed by atoms with Crippen molar-refractivity contribution in [1.29, 1.82) is 0 Å². The van der Waals surface area contributed by atoms with Gasteiger partial charge in [-0.1, -0.05) is 0 Å². The highest BCUT2D eigenvalue weighted by atomic mass is 19.4. The van der Waals surface area contributed by atoms with Crippen LogP contribution in [0, 0.1) is 5.41 Å². The molecule has 3 heterocycles. The van der Waals surface area contributed by atoms with Crippen LogP contribution in [0.3, 0.4) is 0 Å². The third-order valence-corrected chi connectivity index (χ3v) is 6.59. The average molecular weight is 528 g/mol. The lowest BCUT2D eigenvalue weighted by atomic mass is 9.53. The number of nitrogens with two attached hydrogens (primary N) is 1. The lowest BCUT2D eigenvalue weighted by molar-refractivity contribution is -0.153. The van der Waals surface area contributed by atoms with Crippen molar-refractivity contribution >= 4 is 17.3 Å². The van der Waals surface area contributed by atoms with E-state index in [1.165, 1.54) is 29.0 Å². The van der Waals surface area contributed by atoms with E-state index in [-0.39, 0.29) is 46.2 Å². The molecule has 5 rings (SSSR count). The molecule has 0 radical (unpaired) electrons. The Balaban J connectivity index is 1.13. The van der Waals surface area contributed by atoms with E-state index in [1.807, 2.05) is 0 Å². The van der Waals surface area contributed by atoms with Gasteiger partial charge in [-0.05, 0) is 43.2 Å². The SMILES string of the molecule is NC(=O)c1cn(C(F)F)nc1O[C@H]1CC2(C[C@H](NC(=O)c3cnn4cc(OCC(F)(F)F)ccc34)C2)C1. The second kappa shape index (κ2) is 8.88. The fourth-order valence-electron chi connectivity index (χ4n) is 4.95. The largest absolute Gasteiger partial charge is 0.483 e. The minimum atomic E-state index is -4.47. The lowest BCUT2D eigenvalue weighted by Crippen LogP contribution is -2.58. The quantitative estimate of drug-likeness (QED) is 0.433. The summed E-state index contributed by atoms with van der Waals surface area (Å²) in [4.78, 5) is 24.3. The third kappa shape index (κ3) is 5.02. The van der Waals surface area contributed by atoms with Crippen LogP contribution >= 0.6 is 0 Å². The van der Waals surface area contributed by atoms with Crippen molar-refractivity contribution in [3.05, 3.63) is 41.9 Å². The molecular weight excluding hydrogens is 507 g/mol. The van der Waals surface area contributed by atoms with Crippen LogP contribution < -0.4 is 20.5 Å². The van der Waals surface area contributed by atoms with Gasteiger partial charge in [0.2, 0.25) is 5.88 Å².